The molecule has 4 aliphatic carbocycles. The van der Waals surface area contributed by atoms with Crippen molar-refractivity contribution in [3.8, 4) is 0 Å². The van der Waals surface area contributed by atoms with Gasteiger partial charge in [0.05, 0.1) is 5.02 Å². The SMILES string of the molecule is O=Cc1c(C23CC4CC(CC(C4)C2)C3)[nH]c2cc(Cl)cc(Cl)c12. The van der Waals surface area contributed by atoms with Gasteiger partial charge < -0.3 is 4.98 Å². The Morgan fingerprint density at radius 2 is 1.65 bits per heavy atom. The van der Waals surface area contributed by atoms with E-state index in [4.69, 9.17) is 23.2 Å². The number of hydrogen-bond acceptors (Lipinski definition) is 1. The van der Waals surface area contributed by atoms with E-state index in [1.807, 2.05) is 6.07 Å². The van der Waals surface area contributed by atoms with Crippen LogP contribution in [0.4, 0.5) is 0 Å². The molecular formula is C19H19Cl2NO. The largest absolute Gasteiger partial charge is 0.357 e. The van der Waals surface area contributed by atoms with Gasteiger partial charge in [0, 0.05) is 32.6 Å². The van der Waals surface area contributed by atoms with Crippen molar-refractivity contribution in [2.75, 3.05) is 0 Å². The van der Waals surface area contributed by atoms with Crippen LogP contribution in [0.5, 0.6) is 0 Å². The zero-order valence-electron chi connectivity index (χ0n) is 12.9. The van der Waals surface area contributed by atoms with Crippen molar-refractivity contribution < 1.29 is 4.79 Å². The first-order chi connectivity index (χ1) is 11.1. The highest BCUT2D eigenvalue weighted by molar-refractivity contribution is 6.39. The Bertz CT molecular complexity index is 787. The molecule has 0 saturated heterocycles. The first-order valence-electron chi connectivity index (χ1n) is 8.54. The number of aldehydes is 1. The molecule has 0 atom stereocenters. The minimum absolute atomic E-state index is 0.153. The fourth-order valence-corrected chi connectivity index (χ4v) is 6.82. The second kappa shape index (κ2) is 4.77. The highest BCUT2D eigenvalue weighted by Crippen LogP contribution is 2.61. The number of carbonyl (C=O) groups is 1. The van der Waals surface area contributed by atoms with Gasteiger partial charge in [0.2, 0.25) is 0 Å². The number of halogens is 2. The molecule has 23 heavy (non-hydrogen) atoms. The smallest absolute Gasteiger partial charge is 0.152 e. The monoisotopic (exact) mass is 347 g/mol. The van der Waals surface area contributed by atoms with Gasteiger partial charge >= 0.3 is 0 Å². The van der Waals surface area contributed by atoms with Crippen LogP contribution in [0.15, 0.2) is 12.1 Å². The van der Waals surface area contributed by atoms with Crippen LogP contribution in [0.1, 0.15) is 54.6 Å². The van der Waals surface area contributed by atoms with Crippen LogP contribution < -0.4 is 0 Å². The number of aromatic amines is 1. The zero-order valence-corrected chi connectivity index (χ0v) is 14.4. The molecule has 6 rings (SSSR count). The van der Waals surface area contributed by atoms with Crippen LogP contribution in [0.3, 0.4) is 0 Å². The summed E-state index contributed by atoms with van der Waals surface area (Å²) in [4.78, 5) is 15.5. The van der Waals surface area contributed by atoms with Gasteiger partial charge in [-0.3, -0.25) is 4.79 Å². The Balaban J connectivity index is 1.74. The molecule has 2 aromatic rings. The average Bonchev–Trinajstić information content (AvgIpc) is 2.85. The van der Waals surface area contributed by atoms with Crippen LogP contribution in [-0.2, 0) is 5.41 Å². The summed E-state index contributed by atoms with van der Waals surface area (Å²) in [5, 5.41) is 2.02. The standard InChI is InChI=1S/C19H19Cl2NO/c20-13-4-15(21)17-14(9-23)18(22-16(17)5-13)19-6-10-1-11(7-19)3-12(2-10)8-19/h4-5,9-12,22H,1-3,6-8H2. The minimum atomic E-state index is 0.153. The third-order valence-corrected chi connectivity index (χ3v) is 7.06. The van der Waals surface area contributed by atoms with E-state index in [1.54, 1.807) is 6.07 Å². The molecule has 1 aromatic heterocycles. The lowest BCUT2D eigenvalue weighted by atomic mass is 9.48. The van der Waals surface area contributed by atoms with Crippen LogP contribution in [0, 0.1) is 17.8 Å². The summed E-state index contributed by atoms with van der Waals surface area (Å²) in [6, 6.07) is 3.62. The van der Waals surface area contributed by atoms with Crippen molar-refractivity contribution in [2.45, 2.75) is 43.9 Å². The van der Waals surface area contributed by atoms with Gasteiger partial charge in [-0.15, -0.1) is 0 Å². The van der Waals surface area contributed by atoms with E-state index < -0.39 is 0 Å². The fourth-order valence-electron chi connectivity index (χ4n) is 6.23. The Morgan fingerprint density at radius 1 is 1.04 bits per heavy atom. The Hall–Kier alpha value is -0.990. The molecule has 0 unspecified atom stereocenters. The minimum Gasteiger partial charge on any atom is -0.357 e. The van der Waals surface area contributed by atoms with Gasteiger partial charge in [-0.25, -0.2) is 0 Å². The highest BCUT2D eigenvalue weighted by Gasteiger charge is 2.53. The Labute approximate surface area is 145 Å². The number of rotatable bonds is 2. The lowest BCUT2D eigenvalue weighted by Crippen LogP contribution is -2.49. The number of hydrogen-bond donors (Lipinski definition) is 1. The third-order valence-electron chi connectivity index (χ3n) is 6.54. The molecule has 0 radical (unpaired) electrons. The van der Waals surface area contributed by atoms with Crippen molar-refractivity contribution in [3.05, 3.63) is 33.4 Å². The predicted octanol–water partition coefficient (Wildman–Crippen LogP) is 5.76. The molecule has 4 saturated carbocycles. The lowest BCUT2D eigenvalue weighted by molar-refractivity contribution is -0.00710. The van der Waals surface area contributed by atoms with Crippen molar-refractivity contribution in [2.24, 2.45) is 17.8 Å². The number of fused-ring (bicyclic) bond motifs is 1. The molecule has 4 bridgehead atoms. The van der Waals surface area contributed by atoms with E-state index >= 15 is 0 Å². The summed E-state index contributed by atoms with van der Waals surface area (Å²) in [6.07, 6.45) is 8.83. The van der Waals surface area contributed by atoms with E-state index in [0.717, 1.165) is 46.2 Å². The molecule has 0 aliphatic heterocycles. The molecule has 1 aromatic carbocycles. The molecule has 120 valence electrons. The van der Waals surface area contributed by atoms with Gasteiger partial charge in [0.25, 0.3) is 0 Å². The van der Waals surface area contributed by atoms with Gasteiger partial charge in [0.1, 0.15) is 0 Å². The van der Waals surface area contributed by atoms with E-state index in [0.29, 0.717) is 10.0 Å². The second-order valence-electron chi connectivity index (χ2n) is 8.04. The predicted molar refractivity (Wildman–Crippen MR) is 93.6 cm³/mol. The lowest BCUT2D eigenvalue weighted by Gasteiger charge is -2.56. The van der Waals surface area contributed by atoms with E-state index in [9.17, 15) is 4.79 Å². The Kier molecular flexibility index (Phi) is 2.98. The van der Waals surface area contributed by atoms with Gasteiger partial charge in [-0.05, 0) is 68.4 Å². The summed E-state index contributed by atoms with van der Waals surface area (Å²) < 4.78 is 0. The fraction of sp³-hybridized carbons (Fsp3) is 0.526. The van der Waals surface area contributed by atoms with Crippen LogP contribution in [0.2, 0.25) is 10.0 Å². The van der Waals surface area contributed by atoms with Crippen molar-refractivity contribution in [1.82, 2.24) is 4.98 Å². The zero-order chi connectivity index (χ0) is 15.8. The summed E-state index contributed by atoms with van der Waals surface area (Å²) in [6.45, 7) is 0. The first-order valence-corrected chi connectivity index (χ1v) is 9.30. The maximum absolute atomic E-state index is 11.9. The Morgan fingerprint density at radius 3 is 2.22 bits per heavy atom. The molecule has 4 heteroatoms. The number of carbonyl (C=O) groups excluding carboxylic acids is 1. The number of H-pyrrole nitrogens is 1. The molecule has 0 spiro atoms. The summed E-state index contributed by atoms with van der Waals surface area (Å²) >= 11 is 12.6. The third kappa shape index (κ3) is 1.97. The molecular weight excluding hydrogens is 329 g/mol. The van der Waals surface area contributed by atoms with E-state index in [-0.39, 0.29) is 5.41 Å². The maximum atomic E-state index is 11.9. The van der Waals surface area contributed by atoms with Gasteiger partial charge in [-0.2, -0.15) is 0 Å². The van der Waals surface area contributed by atoms with Crippen molar-refractivity contribution >= 4 is 40.4 Å². The van der Waals surface area contributed by atoms with Gasteiger partial charge in [0.15, 0.2) is 6.29 Å². The molecule has 0 amide bonds. The molecule has 4 aliphatic rings. The summed E-state index contributed by atoms with van der Waals surface area (Å²) in [5.41, 5.74) is 2.95. The molecule has 4 fully saturated rings. The summed E-state index contributed by atoms with van der Waals surface area (Å²) in [7, 11) is 0. The average molecular weight is 348 g/mol. The number of aromatic nitrogens is 1. The molecule has 2 nitrogen and oxygen atoms in total. The quantitative estimate of drug-likeness (QED) is 0.688. The normalized spacial score (nSPS) is 35.1. The van der Waals surface area contributed by atoms with Gasteiger partial charge in [-0.1, -0.05) is 23.2 Å². The first kappa shape index (κ1) is 14.4. The topological polar surface area (TPSA) is 32.9 Å². The highest BCUT2D eigenvalue weighted by atomic mass is 35.5. The second-order valence-corrected chi connectivity index (χ2v) is 8.88. The number of nitrogens with one attached hydrogen (secondary N) is 1. The molecule has 1 N–H and O–H groups in total. The number of benzene rings is 1. The van der Waals surface area contributed by atoms with E-state index in [2.05, 4.69) is 4.98 Å². The molecule has 1 heterocycles. The van der Waals surface area contributed by atoms with Crippen LogP contribution in [0.25, 0.3) is 10.9 Å². The van der Waals surface area contributed by atoms with Crippen molar-refractivity contribution in [1.29, 1.82) is 0 Å². The van der Waals surface area contributed by atoms with E-state index in [1.165, 1.54) is 38.5 Å². The van der Waals surface area contributed by atoms with Crippen LogP contribution >= 0.6 is 23.2 Å². The maximum Gasteiger partial charge on any atom is 0.152 e. The van der Waals surface area contributed by atoms with Crippen molar-refractivity contribution in [3.63, 3.8) is 0 Å². The van der Waals surface area contributed by atoms with Crippen LogP contribution in [-0.4, -0.2) is 11.3 Å². The summed E-state index contributed by atoms with van der Waals surface area (Å²) in [5.74, 6) is 2.52.